The molecule has 0 unspecified atom stereocenters. The maximum absolute atomic E-state index is 12.6. The summed E-state index contributed by atoms with van der Waals surface area (Å²) in [5.74, 6) is 0.246. The Morgan fingerprint density at radius 2 is 1.94 bits per heavy atom. The summed E-state index contributed by atoms with van der Waals surface area (Å²) < 4.78 is 5.87. The fraction of sp³-hybridized carbons (Fsp3) is 0.517. The second-order valence-corrected chi connectivity index (χ2v) is 10.0. The van der Waals surface area contributed by atoms with E-state index in [-0.39, 0.29) is 24.3 Å². The van der Waals surface area contributed by atoms with Gasteiger partial charge in [-0.15, -0.1) is 12.6 Å². The second kappa shape index (κ2) is 15.6. The first kappa shape index (κ1) is 28.9. The molecule has 0 aromatic heterocycles. The number of nitrogens with two attached hydrogens (primary N) is 1. The van der Waals surface area contributed by atoms with Gasteiger partial charge in [0.2, 0.25) is 0 Å². The average Bonchev–Trinajstić information content (AvgIpc) is 2.80. The van der Waals surface area contributed by atoms with Gasteiger partial charge >= 0.3 is 0 Å². The number of hydrogen-bond donors (Lipinski definition) is 4. The molecule has 192 valence electrons. The lowest BCUT2D eigenvalue weighted by atomic mass is 9.90. The van der Waals surface area contributed by atoms with Gasteiger partial charge in [0.25, 0.3) is 0 Å². The van der Waals surface area contributed by atoms with Gasteiger partial charge in [-0.1, -0.05) is 69.7 Å². The molecule has 0 amide bonds. The second-order valence-electron chi connectivity index (χ2n) is 9.49. The lowest BCUT2D eigenvalue weighted by molar-refractivity contribution is 0.0976. The first-order valence-corrected chi connectivity index (χ1v) is 13.4. The van der Waals surface area contributed by atoms with Gasteiger partial charge in [-0.3, -0.25) is 4.79 Å². The van der Waals surface area contributed by atoms with Gasteiger partial charge in [-0.2, -0.15) is 0 Å². The molecule has 0 saturated heterocycles. The zero-order chi connectivity index (χ0) is 25.6. The van der Waals surface area contributed by atoms with Crippen molar-refractivity contribution < 1.29 is 9.53 Å². The lowest BCUT2D eigenvalue weighted by Gasteiger charge is -2.20. The van der Waals surface area contributed by atoms with Gasteiger partial charge in [-0.25, -0.2) is 0 Å². The quantitative estimate of drug-likeness (QED) is 0.247. The molecule has 0 spiro atoms. The van der Waals surface area contributed by atoms with E-state index in [4.69, 9.17) is 15.9 Å². The number of nitrogens with one attached hydrogen (secondary N) is 2. The highest BCUT2D eigenvalue weighted by Gasteiger charge is 2.16. The predicted octanol–water partition coefficient (Wildman–Crippen LogP) is 6.76. The molecule has 6 heteroatoms. The standard InChI is InChI=1S/C29H43N3O2S/c1-4-12-22-13-9-7-5-6-8-10-15-24(20-34-28(31)18-26(30)29(22)21(2)3)32-19-27(33)23-14-11-16-25(35)17-23/h11,14,16-18,24,30,32,35H,2,4-10,12-13,15,19-20,31H2,1,3H3/b28-18+,29-22-,30-26?/t24-/m1/s1. The predicted molar refractivity (Wildman–Crippen MR) is 149 cm³/mol. The van der Waals surface area contributed by atoms with Crippen LogP contribution in [0.5, 0.6) is 0 Å². The van der Waals surface area contributed by atoms with Crippen LogP contribution in [0.3, 0.4) is 0 Å². The normalized spacial score (nSPS) is 22.7. The summed E-state index contributed by atoms with van der Waals surface area (Å²) in [4.78, 5) is 13.4. The Morgan fingerprint density at radius 1 is 1.23 bits per heavy atom. The number of Topliss-reactive ketones (excluding diaryl/α,β-unsaturated/α-hetero) is 1. The Labute approximate surface area is 217 Å². The molecule has 0 bridgehead atoms. The fourth-order valence-electron chi connectivity index (χ4n) is 4.55. The van der Waals surface area contributed by atoms with Crippen molar-refractivity contribution in [1.82, 2.24) is 5.32 Å². The van der Waals surface area contributed by atoms with Gasteiger partial charge < -0.3 is 21.2 Å². The van der Waals surface area contributed by atoms with Crippen molar-refractivity contribution in [3.05, 3.63) is 65.1 Å². The molecular formula is C29H43N3O2S. The Hall–Kier alpha value is -2.31. The molecule has 0 fully saturated rings. The molecule has 1 aromatic carbocycles. The Bertz CT molecular complexity index is 936. The number of hydrogen-bond acceptors (Lipinski definition) is 6. The summed E-state index contributed by atoms with van der Waals surface area (Å²) in [5.41, 5.74) is 10.3. The van der Waals surface area contributed by atoms with E-state index in [1.54, 1.807) is 12.1 Å². The lowest BCUT2D eigenvalue weighted by Crippen LogP contribution is -2.37. The molecule has 0 saturated carbocycles. The topological polar surface area (TPSA) is 88.2 Å². The molecule has 2 rings (SSSR count). The van der Waals surface area contributed by atoms with Crippen LogP contribution in [0.25, 0.3) is 0 Å². The summed E-state index contributed by atoms with van der Waals surface area (Å²) >= 11 is 4.33. The maximum atomic E-state index is 12.6. The van der Waals surface area contributed by atoms with Crippen molar-refractivity contribution in [3.8, 4) is 0 Å². The molecule has 35 heavy (non-hydrogen) atoms. The van der Waals surface area contributed by atoms with E-state index in [2.05, 4.69) is 31.4 Å². The van der Waals surface area contributed by atoms with Crippen molar-refractivity contribution >= 4 is 24.1 Å². The van der Waals surface area contributed by atoms with Crippen LogP contribution in [0.4, 0.5) is 0 Å². The number of carbonyl (C=O) groups is 1. The molecule has 4 N–H and O–H groups in total. The summed E-state index contributed by atoms with van der Waals surface area (Å²) in [6.45, 7) is 8.86. The molecular weight excluding hydrogens is 454 g/mol. The maximum Gasteiger partial charge on any atom is 0.186 e. The number of thiol groups is 1. The highest BCUT2D eigenvalue weighted by molar-refractivity contribution is 7.80. The number of rotatable bonds is 7. The van der Waals surface area contributed by atoms with E-state index in [9.17, 15) is 4.79 Å². The van der Waals surface area contributed by atoms with Crippen LogP contribution in [0.2, 0.25) is 0 Å². The zero-order valence-electron chi connectivity index (χ0n) is 21.5. The van der Waals surface area contributed by atoms with Crippen LogP contribution in [-0.4, -0.2) is 30.7 Å². The molecule has 1 atom stereocenters. The first-order chi connectivity index (χ1) is 16.8. The average molecular weight is 498 g/mol. The highest BCUT2D eigenvalue weighted by Crippen LogP contribution is 2.25. The molecule has 1 aliphatic heterocycles. The molecule has 0 aliphatic carbocycles. The van der Waals surface area contributed by atoms with Crippen molar-refractivity contribution in [2.24, 2.45) is 5.73 Å². The molecule has 0 radical (unpaired) electrons. The monoisotopic (exact) mass is 497 g/mol. The minimum atomic E-state index is -0.000945. The molecule has 1 heterocycles. The minimum absolute atomic E-state index is 0.000945. The number of benzene rings is 1. The molecule has 1 aliphatic rings. The largest absolute Gasteiger partial charge is 0.478 e. The van der Waals surface area contributed by atoms with Crippen LogP contribution in [0.15, 0.2) is 64.4 Å². The third-order valence-electron chi connectivity index (χ3n) is 6.34. The summed E-state index contributed by atoms with van der Waals surface area (Å²) in [7, 11) is 0. The molecule has 1 aromatic rings. The summed E-state index contributed by atoms with van der Waals surface area (Å²) in [6, 6.07) is 7.29. The van der Waals surface area contributed by atoms with Crippen LogP contribution in [-0.2, 0) is 4.74 Å². The van der Waals surface area contributed by atoms with Crippen LogP contribution in [0, 0.1) is 5.41 Å². The number of carbonyl (C=O) groups excluding carboxylic acids is 1. The smallest absolute Gasteiger partial charge is 0.186 e. The van der Waals surface area contributed by atoms with Gasteiger partial charge in [0.15, 0.2) is 11.7 Å². The van der Waals surface area contributed by atoms with Crippen molar-refractivity contribution in [1.29, 1.82) is 5.41 Å². The van der Waals surface area contributed by atoms with E-state index in [0.29, 0.717) is 17.9 Å². The van der Waals surface area contributed by atoms with Crippen LogP contribution >= 0.6 is 12.6 Å². The van der Waals surface area contributed by atoms with E-state index < -0.39 is 0 Å². The summed E-state index contributed by atoms with van der Waals surface area (Å²) in [6.07, 6.45) is 12.5. The zero-order valence-corrected chi connectivity index (χ0v) is 22.4. The van der Waals surface area contributed by atoms with Crippen molar-refractivity contribution in [2.45, 2.75) is 89.0 Å². The van der Waals surface area contributed by atoms with E-state index >= 15 is 0 Å². The number of ketones is 1. The third kappa shape index (κ3) is 10.5. The van der Waals surface area contributed by atoms with E-state index in [1.165, 1.54) is 31.3 Å². The van der Waals surface area contributed by atoms with Crippen molar-refractivity contribution in [3.63, 3.8) is 0 Å². The first-order valence-electron chi connectivity index (χ1n) is 12.9. The SMILES string of the molecule is C=C(C)/C1=C(\CCC)CCCCCCCC[C@@H](NCC(=O)c2cccc(S)c2)CO/C(N)=C/C1=N. The van der Waals surface area contributed by atoms with Crippen LogP contribution < -0.4 is 11.1 Å². The van der Waals surface area contributed by atoms with E-state index in [1.807, 2.05) is 25.1 Å². The van der Waals surface area contributed by atoms with Gasteiger partial charge in [-0.05, 0) is 50.3 Å². The number of ether oxygens (including phenoxy) is 1. The van der Waals surface area contributed by atoms with Gasteiger partial charge in [0.05, 0.1) is 12.3 Å². The Morgan fingerprint density at radius 3 is 2.63 bits per heavy atom. The van der Waals surface area contributed by atoms with Gasteiger partial charge in [0, 0.05) is 28.1 Å². The number of allylic oxidation sites excluding steroid dienone is 4. The minimum Gasteiger partial charge on any atom is -0.478 e. The third-order valence-corrected chi connectivity index (χ3v) is 6.62. The highest BCUT2D eigenvalue weighted by atomic mass is 32.1. The van der Waals surface area contributed by atoms with Gasteiger partial charge in [0.1, 0.15) is 6.61 Å². The van der Waals surface area contributed by atoms with E-state index in [0.717, 1.165) is 54.6 Å². The summed E-state index contributed by atoms with van der Waals surface area (Å²) in [5, 5.41) is 12.1. The molecule has 5 nitrogen and oxygen atoms in total. The van der Waals surface area contributed by atoms with Crippen LogP contribution in [0.1, 0.15) is 88.4 Å². The van der Waals surface area contributed by atoms with Crippen molar-refractivity contribution in [2.75, 3.05) is 13.2 Å². The Kier molecular flexibility index (Phi) is 12.9. The fourth-order valence-corrected chi connectivity index (χ4v) is 4.78. The Balaban J connectivity index is 2.13.